The number of hydrogen-bond acceptors (Lipinski definition) is 4. The van der Waals surface area contributed by atoms with Gasteiger partial charge in [-0.1, -0.05) is 34.7 Å². The van der Waals surface area contributed by atoms with Crippen LogP contribution in [0, 0.1) is 0 Å². The van der Waals surface area contributed by atoms with Crippen LogP contribution in [-0.4, -0.2) is 20.5 Å². The van der Waals surface area contributed by atoms with Crippen molar-refractivity contribution in [1.82, 2.24) is 4.98 Å². The van der Waals surface area contributed by atoms with Crippen molar-refractivity contribution >= 4 is 17.6 Å². The standard InChI is InChI=1S/C17H20N2O2S/c1-17(2,3)22(20)19-11-15-9-10-16(12-18-15)21-13-14-7-5-4-6-8-14/h4-12H,13H2,1-3H3/b19-11+. The van der Waals surface area contributed by atoms with Crippen LogP contribution in [0.1, 0.15) is 32.0 Å². The van der Waals surface area contributed by atoms with E-state index in [-0.39, 0.29) is 4.75 Å². The van der Waals surface area contributed by atoms with Gasteiger partial charge in [-0.2, -0.15) is 0 Å². The molecule has 0 aliphatic carbocycles. The zero-order chi connectivity index (χ0) is 16.0. The Morgan fingerprint density at radius 1 is 1.18 bits per heavy atom. The van der Waals surface area contributed by atoms with Gasteiger partial charge in [0.05, 0.1) is 11.9 Å². The minimum Gasteiger partial charge on any atom is -0.591 e. The monoisotopic (exact) mass is 316 g/mol. The van der Waals surface area contributed by atoms with Crippen molar-refractivity contribution < 1.29 is 9.29 Å². The van der Waals surface area contributed by atoms with Crippen LogP contribution in [0.25, 0.3) is 0 Å². The van der Waals surface area contributed by atoms with Gasteiger partial charge in [-0.15, -0.1) is 0 Å². The minimum atomic E-state index is -1.27. The van der Waals surface area contributed by atoms with Gasteiger partial charge in [0, 0.05) is 0 Å². The van der Waals surface area contributed by atoms with E-state index < -0.39 is 11.4 Å². The van der Waals surface area contributed by atoms with Crippen molar-refractivity contribution in [3.63, 3.8) is 0 Å². The number of hydrogen-bond donors (Lipinski definition) is 0. The molecule has 0 saturated heterocycles. The topological polar surface area (TPSA) is 57.5 Å². The Bertz CT molecular complexity index is 607. The second kappa shape index (κ2) is 7.42. The number of ether oxygens (including phenoxy) is 1. The SMILES string of the molecule is CC(C)(C)[S+]([O-])/N=C/c1ccc(OCc2ccccc2)cn1. The molecule has 0 spiro atoms. The number of pyridine rings is 1. The molecule has 4 nitrogen and oxygen atoms in total. The lowest BCUT2D eigenvalue weighted by molar-refractivity contribution is 0.305. The summed E-state index contributed by atoms with van der Waals surface area (Å²) in [5.41, 5.74) is 1.76. The van der Waals surface area contributed by atoms with Crippen LogP contribution in [0.15, 0.2) is 53.1 Å². The van der Waals surface area contributed by atoms with Crippen LogP contribution in [0.3, 0.4) is 0 Å². The maximum atomic E-state index is 11.8. The van der Waals surface area contributed by atoms with Gasteiger partial charge in [0.1, 0.15) is 34.7 Å². The first-order chi connectivity index (χ1) is 10.4. The summed E-state index contributed by atoms with van der Waals surface area (Å²) >= 11 is -1.27. The number of benzene rings is 1. The maximum Gasteiger partial charge on any atom is 0.144 e. The molecule has 116 valence electrons. The van der Waals surface area contributed by atoms with E-state index in [9.17, 15) is 4.55 Å². The van der Waals surface area contributed by atoms with Gasteiger partial charge in [-0.25, -0.2) is 0 Å². The van der Waals surface area contributed by atoms with Crippen molar-refractivity contribution in [2.45, 2.75) is 32.1 Å². The Labute approximate surface area is 134 Å². The molecule has 0 radical (unpaired) electrons. The van der Waals surface area contributed by atoms with Crippen LogP contribution >= 0.6 is 0 Å². The van der Waals surface area contributed by atoms with E-state index in [0.717, 1.165) is 5.56 Å². The molecule has 0 aliphatic heterocycles. The summed E-state index contributed by atoms with van der Waals surface area (Å²) < 4.78 is 21.2. The molecule has 1 heterocycles. The first-order valence-corrected chi connectivity index (χ1v) is 8.15. The Balaban J connectivity index is 1.92. The van der Waals surface area contributed by atoms with Gasteiger partial charge in [0.2, 0.25) is 0 Å². The van der Waals surface area contributed by atoms with Crippen LogP contribution < -0.4 is 4.74 Å². The summed E-state index contributed by atoms with van der Waals surface area (Å²) in [6.07, 6.45) is 3.17. The molecular formula is C17H20N2O2S. The minimum absolute atomic E-state index is 0.366. The van der Waals surface area contributed by atoms with Crippen molar-refractivity contribution in [2.75, 3.05) is 0 Å². The average molecular weight is 316 g/mol. The largest absolute Gasteiger partial charge is 0.591 e. The van der Waals surface area contributed by atoms with Crippen molar-refractivity contribution in [1.29, 1.82) is 0 Å². The normalized spacial score (nSPS) is 13.3. The van der Waals surface area contributed by atoms with Gasteiger partial charge in [-0.3, -0.25) is 4.98 Å². The third-order valence-corrected chi connectivity index (χ3v) is 4.16. The van der Waals surface area contributed by atoms with Gasteiger partial charge < -0.3 is 9.29 Å². The quantitative estimate of drug-likeness (QED) is 0.626. The summed E-state index contributed by atoms with van der Waals surface area (Å²) in [6, 6.07) is 13.6. The molecule has 1 aromatic carbocycles. The van der Waals surface area contributed by atoms with Crippen LogP contribution in [0.2, 0.25) is 0 Å². The first-order valence-electron chi connectivity index (χ1n) is 7.04. The Morgan fingerprint density at radius 3 is 2.50 bits per heavy atom. The lowest BCUT2D eigenvalue weighted by Crippen LogP contribution is -2.25. The summed E-state index contributed by atoms with van der Waals surface area (Å²) in [6.45, 7) is 6.15. The molecule has 1 unspecified atom stereocenters. The van der Waals surface area contributed by atoms with Crippen LogP contribution in [-0.2, 0) is 18.0 Å². The molecule has 1 aromatic heterocycles. The third kappa shape index (κ3) is 5.16. The highest BCUT2D eigenvalue weighted by Crippen LogP contribution is 2.17. The molecule has 0 aliphatic rings. The molecule has 0 N–H and O–H groups in total. The van der Waals surface area contributed by atoms with Crippen LogP contribution in [0.5, 0.6) is 5.75 Å². The van der Waals surface area contributed by atoms with E-state index in [2.05, 4.69) is 9.38 Å². The van der Waals surface area contributed by atoms with E-state index in [4.69, 9.17) is 4.74 Å². The molecule has 2 aromatic rings. The summed E-state index contributed by atoms with van der Waals surface area (Å²) in [5, 5.41) is 0. The summed E-state index contributed by atoms with van der Waals surface area (Å²) in [7, 11) is 0. The van der Waals surface area contributed by atoms with Crippen molar-refractivity contribution in [3.05, 3.63) is 59.9 Å². The van der Waals surface area contributed by atoms with Crippen molar-refractivity contribution in [2.24, 2.45) is 4.40 Å². The lowest BCUT2D eigenvalue weighted by Gasteiger charge is -2.17. The second-order valence-corrected chi connectivity index (χ2v) is 7.72. The fourth-order valence-electron chi connectivity index (χ4n) is 1.55. The Kier molecular flexibility index (Phi) is 5.57. The van der Waals surface area contributed by atoms with Gasteiger partial charge in [-0.05, 0) is 38.5 Å². The third-order valence-electron chi connectivity index (χ3n) is 2.81. The second-order valence-electron chi connectivity index (χ2n) is 5.79. The first kappa shape index (κ1) is 16.5. The molecule has 0 amide bonds. The molecule has 1 atom stereocenters. The maximum absolute atomic E-state index is 11.8. The predicted octanol–water partition coefficient (Wildman–Crippen LogP) is 3.54. The molecule has 5 heteroatoms. The molecular weight excluding hydrogens is 296 g/mol. The van der Waals surface area contributed by atoms with Gasteiger partial charge in [0.25, 0.3) is 0 Å². The van der Waals surface area contributed by atoms with Crippen LogP contribution in [0.4, 0.5) is 0 Å². The molecule has 0 bridgehead atoms. The van der Waals surface area contributed by atoms with Gasteiger partial charge in [0.15, 0.2) is 0 Å². The fraction of sp³-hybridized carbons (Fsp3) is 0.294. The zero-order valence-electron chi connectivity index (χ0n) is 13.0. The van der Waals surface area contributed by atoms with E-state index in [0.29, 0.717) is 18.1 Å². The Hall–Kier alpha value is -1.85. The summed E-state index contributed by atoms with van der Waals surface area (Å²) in [4.78, 5) is 4.24. The number of aromatic nitrogens is 1. The highest BCUT2D eigenvalue weighted by atomic mass is 32.2. The van der Waals surface area contributed by atoms with E-state index in [1.165, 1.54) is 6.21 Å². The highest BCUT2D eigenvalue weighted by molar-refractivity contribution is 7.91. The van der Waals surface area contributed by atoms with E-state index in [1.54, 1.807) is 12.3 Å². The fourth-order valence-corrected chi connectivity index (χ4v) is 2.07. The lowest BCUT2D eigenvalue weighted by atomic mass is 10.2. The molecule has 2 rings (SSSR count). The highest BCUT2D eigenvalue weighted by Gasteiger charge is 2.25. The molecule has 0 saturated carbocycles. The predicted molar refractivity (Wildman–Crippen MR) is 90.5 cm³/mol. The smallest absolute Gasteiger partial charge is 0.144 e. The summed E-state index contributed by atoms with van der Waals surface area (Å²) in [5.74, 6) is 0.693. The average Bonchev–Trinajstić information content (AvgIpc) is 2.51. The number of rotatable bonds is 5. The zero-order valence-corrected chi connectivity index (χ0v) is 13.8. The Morgan fingerprint density at radius 2 is 1.91 bits per heavy atom. The molecule has 22 heavy (non-hydrogen) atoms. The van der Waals surface area contributed by atoms with Gasteiger partial charge >= 0.3 is 0 Å². The van der Waals surface area contributed by atoms with E-state index >= 15 is 0 Å². The number of nitrogens with zero attached hydrogens (tertiary/aromatic N) is 2. The molecule has 0 fully saturated rings. The van der Waals surface area contributed by atoms with Crippen molar-refractivity contribution in [3.8, 4) is 5.75 Å². The van der Waals surface area contributed by atoms with E-state index in [1.807, 2.05) is 57.2 Å².